The van der Waals surface area contributed by atoms with Gasteiger partial charge in [-0.25, -0.2) is 0 Å². The van der Waals surface area contributed by atoms with E-state index in [1.807, 2.05) is 0 Å². The van der Waals surface area contributed by atoms with Crippen LogP contribution >= 0.6 is 0 Å². The van der Waals surface area contributed by atoms with E-state index >= 15 is 0 Å². The Balaban J connectivity index is 3.29. The van der Waals surface area contributed by atoms with Crippen LogP contribution in [-0.4, -0.2) is 25.5 Å². The summed E-state index contributed by atoms with van der Waals surface area (Å²) >= 11 is 0. The highest BCUT2D eigenvalue weighted by Gasteiger charge is 2.04. The Morgan fingerprint density at radius 3 is 1.53 bits per heavy atom. The number of rotatable bonds is 12. The predicted octanol–water partition coefficient (Wildman–Crippen LogP) is 3.17. The molecule has 0 aliphatic heterocycles. The lowest BCUT2D eigenvalue weighted by atomic mass is 10.2. The fourth-order valence-electron chi connectivity index (χ4n) is 1.43. The number of carbonyl (C=O) groups excluding carboxylic acids is 2. The van der Waals surface area contributed by atoms with Crippen molar-refractivity contribution in [2.75, 3.05) is 13.6 Å². The summed E-state index contributed by atoms with van der Waals surface area (Å²) in [6, 6.07) is 0. The first kappa shape index (κ1) is 17.9. The Morgan fingerprint density at radius 1 is 0.737 bits per heavy atom. The standard InChI is InChI=1S/C14H26O5/c1-3-5-7-9-13(15)18-11-17-12-19-14(16)10-8-6-4-2/h3-12H2,1-2H3. The molecule has 0 spiro atoms. The Morgan fingerprint density at radius 2 is 1.16 bits per heavy atom. The molecule has 0 aromatic carbocycles. The SMILES string of the molecule is CCCCCC(=O)OCOCOC(=O)CCCCC. The monoisotopic (exact) mass is 274 g/mol. The van der Waals surface area contributed by atoms with E-state index in [0.29, 0.717) is 12.8 Å². The third kappa shape index (κ3) is 13.1. The fraction of sp³-hybridized carbons (Fsp3) is 0.857. The zero-order valence-electron chi connectivity index (χ0n) is 12.1. The molecule has 0 aliphatic rings. The molecule has 0 N–H and O–H groups in total. The van der Waals surface area contributed by atoms with Crippen molar-refractivity contribution >= 4 is 11.9 Å². The lowest BCUT2D eigenvalue weighted by Crippen LogP contribution is -2.12. The first-order chi connectivity index (χ1) is 9.20. The summed E-state index contributed by atoms with van der Waals surface area (Å²) in [6.07, 6.45) is 6.66. The van der Waals surface area contributed by atoms with Crippen LogP contribution in [0.5, 0.6) is 0 Å². The maximum Gasteiger partial charge on any atom is 0.307 e. The summed E-state index contributed by atoms with van der Waals surface area (Å²) in [4.78, 5) is 22.4. The molecule has 112 valence electrons. The lowest BCUT2D eigenvalue weighted by Gasteiger charge is -2.07. The molecule has 0 amide bonds. The van der Waals surface area contributed by atoms with Crippen LogP contribution in [0.4, 0.5) is 0 Å². The average molecular weight is 274 g/mol. The first-order valence-corrected chi connectivity index (χ1v) is 7.09. The summed E-state index contributed by atoms with van der Waals surface area (Å²) in [5, 5.41) is 0. The molecule has 5 heteroatoms. The highest BCUT2D eigenvalue weighted by Crippen LogP contribution is 2.01. The van der Waals surface area contributed by atoms with Gasteiger partial charge in [0.2, 0.25) is 0 Å². The van der Waals surface area contributed by atoms with E-state index in [9.17, 15) is 9.59 Å². The predicted molar refractivity (Wildman–Crippen MR) is 71.3 cm³/mol. The molecule has 5 nitrogen and oxygen atoms in total. The largest absolute Gasteiger partial charge is 0.438 e. The Bertz CT molecular complexity index is 216. The number of ether oxygens (including phenoxy) is 3. The lowest BCUT2D eigenvalue weighted by molar-refractivity contribution is -0.176. The van der Waals surface area contributed by atoms with Gasteiger partial charge in [-0.1, -0.05) is 39.5 Å². The van der Waals surface area contributed by atoms with Gasteiger partial charge >= 0.3 is 11.9 Å². The highest BCUT2D eigenvalue weighted by molar-refractivity contribution is 5.69. The summed E-state index contributed by atoms with van der Waals surface area (Å²) < 4.78 is 14.5. The van der Waals surface area contributed by atoms with Gasteiger partial charge in [0.05, 0.1) is 0 Å². The fourth-order valence-corrected chi connectivity index (χ4v) is 1.43. The van der Waals surface area contributed by atoms with Crippen LogP contribution in [0.1, 0.15) is 65.2 Å². The van der Waals surface area contributed by atoms with Gasteiger partial charge in [-0.05, 0) is 12.8 Å². The van der Waals surface area contributed by atoms with Crippen LogP contribution in [0.3, 0.4) is 0 Å². The summed E-state index contributed by atoms with van der Waals surface area (Å²) in [5.74, 6) is -0.551. The van der Waals surface area contributed by atoms with Crippen molar-refractivity contribution in [2.45, 2.75) is 65.2 Å². The van der Waals surface area contributed by atoms with Crippen molar-refractivity contribution in [2.24, 2.45) is 0 Å². The minimum atomic E-state index is -0.275. The van der Waals surface area contributed by atoms with Crippen LogP contribution in [-0.2, 0) is 23.8 Å². The molecule has 0 bridgehead atoms. The Hall–Kier alpha value is -1.10. The third-order valence-corrected chi connectivity index (χ3v) is 2.58. The molecular formula is C14H26O5. The maximum atomic E-state index is 11.2. The molecule has 0 aromatic heterocycles. The van der Waals surface area contributed by atoms with E-state index in [1.54, 1.807) is 0 Å². The number of esters is 2. The van der Waals surface area contributed by atoms with E-state index in [2.05, 4.69) is 13.8 Å². The molecule has 0 heterocycles. The zero-order valence-corrected chi connectivity index (χ0v) is 12.1. The van der Waals surface area contributed by atoms with Crippen molar-refractivity contribution in [3.8, 4) is 0 Å². The van der Waals surface area contributed by atoms with E-state index in [4.69, 9.17) is 14.2 Å². The Labute approximate surface area is 115 Å². The number of carbonyl (C=O) groups is 2. The minimum absolute atomic E-state index is 0.160. The quantitative estimate of drug-likeness (QED) is 0.311. The summed E-state index contributed by atoms with van der Waals surface area (Å²) in [6.45, 7) is 3.83. The number of hydrogen-bond donors (Lipinski definition) is 0. The molecule has 0 atom stereocenters. The molecule has 0 fully saturated rings. The summed E-state index contributed by atoms with van der Waals surface area (Å²) in [5.41, 5.74) is 0. The normalized spacial score (nSPS) is 10.2. The molecule has 0 saturated carbocycles. The van der Waals surface area contributed by atoms with Crippen molar-refractivity contribution in [3.05, 3.63) is 0 Å². The molecule has 0 aliphatic carbocycles. The van der Waals surface area contributed by atoms with Crippen LogP contribution in [0.2, 0.25) is 0 Å². The van der Waals surface area contributed by atoms with Crippen LogP contribution in [0.15, 0.2) is 0 Å². The first-order valence-electron chi connectivity index (χ1n) is 7.09. The summed E-state index contributed by atoms with van der Waals surface area (Å²) in [7, 11) is 0. The smallest absolute Gasteiger partial charge is 0.307 e. The molecule has 0 aromatic rings. The maximum absolute atomic E-state index is 11.2. The van der Waals surface area contributed by atoms with Crippen LogP contribution in [0, 0.1) is 0 Å². The van der Waals surface area contributed by atoms with Crippen molar-refractivity contribution in [3.63, 3.8) is 0 Å². The molecular weight excluding hydrogens is 248 g/mol. The number of hydrogen-bond acceptors (Lipinski definition) is 5. The van der Waals surface area contributed by atoms with Gasteiger partial charge < -0.3 is 14.2 Å². The highest BCUT2D eigenvalue weighted by atomic mass is 16.7. The van der Waals surface area contributed by atoms with Gasteiger partial charge in [0.25, 0.3) is 0 Å². The number of unbranched alkanes of at least 4 members (excludes halogenated alkanes) is 4. The second kappa shape index (κ2) is 13.3. The second-order valence-corrected chi connectivity index (χ2v) is 4.39. The average Bonchev–Trinajstić information content (AvgIpc) is 2.39. The van der Waals surface area contributed by atoms with E-state index in [-0.39, 0.29) is 25.5 Å². The molecule has 0 radical (unpaired) electrons. The Kier molecular flexibility index (Phi) is 12.6. The third-order valence-electron chi connectivity index (χ3n) is 2.58. The van der Waals surface area contributed by atoms with Crippen molar-refractivity contribution in [1.82, 2.24) is 0 Å². The molecule has 0 saturated heterocycles. The minimum Gasteiger partial charge on any atom is -0.438 e. The van der Waals surface area contributed by atoms with Gasteiger partial charge in [-0.3, -0.25) is 9.59 Å². The van der Waals surface area contributed by atoms with Gasteiger partial charge in [-0.2, -0.15) is 0 Å². The van der Waals surface area contributed by atoms with E-state index in [1.165, 1.54) is 0 Å². The van der Waals surface area contributed by atoms with Gasteiger partial charge in [0, 0.05) is 12.8 Å². The van der Waals surface area contributed by atoms with Crippen molar-refractivity contribution < 1.29 is 23.8 Å². The van der Waals surface area contributed by atoms with E-state index in [0.717, 1.165) is 38.5 Å². The van der Waals surface area contributed by atoms with E-state index < -0.39 is 0 Å². The zero-order chi connectivity index (χ0) is 14.3. The van der Waals surface area contributed by atoms with Gasteiger partial charge in [0.1, 0.15) is 0 Å². The van der Waals surface area contributed by atoms with Crippen molar-refractivity contribution in [1.29, 1.82) is 0 Å². The second-order valence-electron chi connectivity index (χ2n) is 4.39. The van der Waals surface area contributed by atoms with Crippen LogP contribution in [0.25, 0.3) is 0 Å². The van der Waals surface area contributed by atoms with Gasteiger partial charge in [-0.15, -0.1) is 0 Å². The topological polar surface area (TPSA) is 61.8 Å². The molecule has 19 heavy (non-hydrogen) atoms. The molecule has 0 rings (SSSR count). The van der Waals surface area contributed by atoms with Crippen LogP contribution < -0.4 is 0 Å². The molecule has 0 unspecified atom stereocenters. The van der Waals surface area contributed by atoms with Gasteiger partial charge in [0.15, 0.2) is 13.6 Å².